The van der Waals surface area contributed by atoms with Crippen LogP contribution in [0.4, 0.5) is 0 Å². The Morgan fingerprint density at radius 2 is 1.76 bits per heavy atom. The molecule has 33 heavy (non-hydrogen) atoms. The highest BCUT2D eigenvalue weighted by atomic mass is 32.2. The van der Waals surface area contributed by atoms with E-state index in [2.05, 4.69) is 10.5 Å². The molecule has 3 heterocycles. The van der Waals surface area contributed by atoms with Crippen LogP contribution in [-0.4, -0.2) is 56.9 Å². The molecule has 5 rings (SSSR count). The molecular weight excluding hydrogens is 450 g/mol. The summed E-state index contributed by atoms with van der Waals surface area (Å²) in [5.74, 6) is 1.50. The first kappa shape index (κ1) is 21.4. The van der Waals surface area contributed by atoms with Crippen molar-refractivity contribution in [3.63, 3.8) is 0 Å². The molecule has 1 N–H and O–H groups in total. The number of morpholine rings is 1. The van der Waals surface area contributed by atoms with E-state index in [4.69, 9.17) is 18.7 Å². The van der Waals surface area contributed by atoms with E-state index in [9.17, 15) is 13.2 Å². The van der Waals surface area contributed by atoms with E-state index in [1.807, 2.05) is 6.07 Å². The molecule has 11 heteroatoms. The first-order valence-electron chi connectivity index (χ1n) is 10.3. The number of rotatable bonds is 6. The Labute approximate surface area is 190 Å². The molecule has 0 saturated carbocycles. The van der Waals surface area contributed by atoms with Gasteiger partial charge in [-0.25, -0.2) is 8.42 Å². The van der Waals surface area contributed by atoms with Gasteiger partial charge in [0.05, 0.1) is 24.7 Å². The zero-order valence-corrected chi connectivity index (χ0v) is 18.3. The molecule has 0 bridgehead atoms. The highest BCUT2D eigenvalue weighted by Gasteiger charge is 2.26. The van der Waals surface area contributed by atoms with Gasteiger partial charge in [-0.2, -0.15) is 4.31 Å². The van der Waals surface area contributed by atoms with Crippen molar-refractivity contribution in [3.05, 3.63) is 59.8 Å². The number of hydrogen-bond donors (Lipinski definition) is 1. The van der Waals surface area contributed by atoms with Crippen molar-refractivity contribution < 1.29 is 31.9 Å². The van der Waals surface area contributed by atoms with Crippen LogP contribution in [0, 0.1) is 0 Å². The van der Waals surface area contributed by atoms with Crippen LogP contribution in [0.1, 0.15) is 16.1 Å². The van der Waals surface area contributed by atoms with Crippen LogP contribution >= 0.6 is 0 Å². The van der Waals surface area contributed by atoms with E-state index >= 15 is 0 Å². The molecule has 2 aromatic carbocycles. The molecule has 0 spiro atoms. The molecule has 10 nitrogen and oxygen atoms in total. The molecule has 3 aromatic rings. The second-order valence-electron chi connectivity index (χ2n) is 7.47. The van der Waals surface area contributed by atoms with Crippen molar-refractivity contribution in [2.75, 3.05) is 33.1 Å². The maximum Gasteiger partial charge on any atom is 0.251 e. The Morgan fingerprint density at radius 1 is 1.00 bits per heavy atom. The van der Waals surface area contributed by atoms with Crippen LogP contribution in [0.3, 0.4) is 0 Å². The first-order chi connectivity index (χ1) is 16.0. The van der Waals surface area contributed by atoms with Crippen molar-refractivity contribution >= 4 is 15.9 Å². The van der Waals surface area contributed by atoms with E-state index in [-0.39, 0.29) is 24.1 Å². The fraction of sp³-hybridized carbons (Fsp3) is 0.273. The Bertz CT molecular complexity index is 1270. The Balaban J connectivity index is 1.21. The average Bonchev–Trinajstić information content (AvgIpc) is 3.52. The highest BCUT2D eigenvalue weighted by molar-refractivity contribution is 7.89. The lowest BCUT2D eigenvalue weighted by molar-refractivity contribution is 0.0730. The standard InChI is InChI=1S/C22H21N3O7S/c26-22(15-1-4-18(5-2-15)33(27,28)25-7-9-29-10-8-25)23-13-17-12-20(32-24-17)16-3-6-19-21(11-16)31-14-30-19/h1-6,11-12H,7-10,13-14H2,(H,23,26). The fourth-order valence-electron chi connectivity index (χ4n) is 3.57. The topological polar surface area (TPSA) is 120 Å². The van der Waals surface area contributed by atoms with Crippen molar-refractivity contribution in [1.82, 2.24) is 14.8 Å². The van der Waals surface area contributed by atoms with E-state index in [0.29, 0.717) is 54.8 Å². The van der Waals surface area contributed by atoms with Gasteiger partial charge < -0.3 is 24.1 Å². The van der Waals surface area contributed by atoms with Gasteiger partial charge in [0.15, 0.2) is 17.3 Å². The summed E-state index contributed by atoms with van der Waals surface area (Å²) in [6.07, 6.45) is 0. The SMILES string of the molecule is O=C(NCc1cc(-c2ccc3c(c2)OCO3)on1)c1ccc(S(=O)(=O)N2CCOCC2)cc1. The summed E-state index contributed by atoms with van der Waals surface area (Å²) in [7, 11) is -3.60. The number of nitrogens with zero attached hydrogens (tertiary/aromatic N) is 2. The van der Waals surface area contributed by atoms with Crippen molar-refractivity contribution in [2.24, 2.45) is 0 Å². The Kier molecular flexibility index (Phi) is 5.75. The fourth-order valence-corrected chi connectivity index (χ4v) is 4.98. The van der Waals surface area contributed by atoms with Gasteiger partial charge in [-0.1, -0.05) is 5.16 Å². The molecule has 0 radical (unpaired) electrons. The monoisotopic (exact) mass is 471 g/mol. The quantitative estimate of drug-likeness (QED) is 0.580. The van der Waals surface area contributed by atoms with E-state index in [1.165, 1.54) is 28.6 Å². The summed E-state index contributed by atoms with van der Waals surface area (Å²) in [5.41, 5.74) is 1.67. The van der Waals surface area contributed by atoms with Gasteiger partial charge in [0.25, 0.3) is 5.91 Å². The average molecular weight is 471 g/mol. The lowest BCUT2D eigenvalue weighted by Gasteiger charge is -2.26. The second kappa shape index (κ2) is 8.85. The number of amides is 1. The highest BCUT2D eigenvalue weighted by Crippen LogP contribution is 2.36. The zero-order valence-electron chi connectivity index (χ0n) is 17.5. The summed E-state index contributed by atoms with van der Waals surface area (Å²) < 4.78 is 48.0. The van der Waals surface area contributed by atoms with Gasteiger partial charge >= 0.3 is 0 Å². The maximum absolute atomic E-state index is 12.7. The van der Waals surface area contributed by atoms with Crippen LogP contribution in [0.2, 0.25) is 0 Å². The van der Waals surface area contributed by atoms with Crippen LogP contribution < -0.4 is 14.8 Å². The van der Waals surface area contributed by atoms with E-state index in [0.717, 1.165) is 5.56 Å². The van der Waals surface area contributed by atoms with Gasteiger partial charge in [-0.15, -0.1) is 0 Å². The summed E-state index contributed by atoms with van der Waals surface area (Å²) in [6.45, 7) is 1.72. The summed E-state index contributed by atoms with van der Waals surface area (Å²) in [5, 5.41) is 6.75. The Morgan fingerprint density at radius 3 is 2.55 bits per heavy atom. The number of fused-ring (bicyclic) bond motifs is 1. The van der Waals surface area contributed by atoms with E-state index in [1.54, 1.807) is 18.2 Å². The molecule has 2 aliphatic rings. The number of hydrogen-bond acceptors (Lipinski definition) is 8. The molecule has 1 amide bonds. The smallest absolute Gasteiger partial charge is 0.251 e. The van der Waals surface area contributed by atoms with Crippen LogP contribution in [-0.2, 0) is 21.3 Å². The summed E-state index contributed by atoms with van der Waals surface area (Å²) >= 11 is 0. The third-order valence-electron chi connectivity index (χ3n) is 5.37. The van der Waals surface area contributed by atoms with Crippen molar-refractivity contribution in [2.45, 2.75) is 11.4 Å². The van der Waals surface area contributed by atoms with Gasteiger partial charge in [-0.3, -0.25) is 4.79 Å². The van der Waals surface area contributed by atoms with Gasteiger partial charge in [0.2, 0.25) is 16.8 Å². The third kappa shape index (κ3) is 4.42. The summed E-state index contributed by atoms with van der Waals surface area (Å²) in [4.78, 5) is 12.7. The van der Waals surface area contributed by atoms with Crippen LogP contribution in [0.5, 0.6) is 11.5 Å². The molecule has 1 fully saturated rings. The molecule has 1 saturated heterocycles. The Hall–Kier alpha value is -3.41. The molecule has 2 aliphatic heterocycles. The minimum atomic E-state index is -3.60. The van der Waals surface area contributed by atoms with Crippen LogP contribution in [0.25, 0.3) is 11.3 Å². The number of ether oxygens (including phenoxy) is 3. The predicted molar refractivity (Wildman–Crippen MR) is 115 cm³/mol. The molecule has 0 aliphatic carbocycles. The van der Waals surface area contributed by atoms with Gasteiger partial charge in [-0.05, 0) is 42.5 Å². The number of benzene rings is 2. The van der Waals surface area contributed by atoms with Gasteiger partial charge in [0, 0.05) is 30.3 Å². The molecule has 172 valence electrons. The van der Waals surface area contributed by atoms with Crippen molar-refractivity contribution in [1.29, 1.82) is 0 Å². The zero-order chi connectivity index (χ0) is 22.8. The van der Waals surface area contributed by atoms with Crippen LogP contribution in [0.15, 0.2) is 57.9 Å². The number of nitrogens with one attached hydrogen (secondary N) is 1. The normalized spacial score (nSPS) is 16.0. The predicted octanol–water partition coefficient (Wildman–Crippen LogP) is 2.02. The molecule has 0 unspecified atom stereocenters. The molecule has 1 aromatic heterocycles. The number of carbonyl (C=O) groups excluding carboxylic acids is 1. The summed E-state index contributed by atoms with van der Waals surface area (Å²) in [6, 6.07) is 13.0. The lowest BCUT2D eigenvalue weighted by atomic mass is 10.1. The van der Waals surface area contributed by atoms with Gasteiger partial charge in [0.1, 0.15) is 5.69 Å². The lowest BCUT2D eigenvalue weighted by Crippen LogP contribution is -2.40. The minimum Gasteiger partial charge on any atom is -0.454 e. The second-order valence-corrected chi connectivity index (χ2v) is 9.41. The first-order valence-corrected chi connectivity index (χ1v) is 11.8. The maximum atomic E-state index is 12.7. The van der Waals surface area contributed by atoms with E-state index < -0.39 is 10.0 Å². The molecular formula is C22H21N3O7S. The van der Waals surface area contributed by atoms with Crippen molar-refractivity contribution in [3.8, 4) is 22.8 Å². The minimum absolute atomic E-state index is 0.144. The number of aromatic nitrogens is 1. The third-order valence-corrected chi connectivity index (χ3v) is 7.28. The number of carbonyl (C=O) groups is 1. The largest absolute Gasteiger partial charge is 0.454 e. The molecule has 0 atom stereocenters. The number of sulfonamides is 1.